The number of alkyl halides is 1. The number of ether oxygens (including phenoxy) is 1. The molecule has 1 spiro atoms. The second-order valence-corrected chi connectivity index (χ2v) is 8.46. The van der Waals surface area contributed by atoms with E-state index < -0.39 is 11.6 Å². The lowest BCUT2D eigenvalue weighted by Gasteiger charge is -2.38. The van der Waals surface area contributed by atoms with E-state index in [1.54, 1.807) is 11.8 Å². The minimum atomic E-state index is -1.29. The molecule has 0 aliphatic carbocycles. The molecule has 0 bridgehead atoms. The third kappa shape index (κ3) is 3.53. The SMILES string of the molecule is CC1=C(N2CCC3(CCN(C[C@@H](F)c4cnc(-n5cnnn5)cn4)CC3)C2=O)COC1=O. The molecule has 2 aromatic rings. The van der Waals surface area contributed by atoms with E-state index in [2.05, 4.69) is 25.5 Å². The van der Waals surface area contributed by atoms with Crippen LogP contribution in [-0.4, -0.2) is 84.6 Å². The molecule has 11 nitrogen and oxygen atoms in total. The molecule has 0 unspecified atom stereocenters. The van der Waals surface area contributed by atoms with Gasteiger partial charge in [0.1, 0.15) is 12.9 Å². The number of esters is 1. The predicted octanol–water partition coefficient (Wildman–Crippen LogP) is 0.608. The van der Waals surface area contributed by atoms with Crippen LogP contribution < -0.4 is 0 Å². The number of carbonyl (C=O) groups excluding carboxylic acids is 2. The molecule has 32 heavy (non-hydrogen) atoms. The summed E-state index contributed by atoms with van der Waals surface area (Å²) < 4.78 is 21.3. The number of rotatable bonds is 5. The number of hydrogen-bond acceptors (Lipinski definition) is 9. The van der Waals surface area contributed by atoms with Crippen molar-refractivity contribution in [2.45, 2.75) is 32.4 Å². The molecule has 0 saturated carbocycles. The third-order valence-electron chi connectivity index (χ3n) is 6.71. The van der Waals surface area contributed by atoms with Crippen LogP contribution in [0.2, 0.25) is 0 Å². The highest BCUT2D eigenvalue weighted by molar-refractivity contribution is 5.94. The Bertz CT molecular complexity index is 1050. The van der Waals surface area contributed by atoms with E-state index >= 15 is 0 Å². The Hall–Kier alpha value is -3.28. The Labute approximate surface area is 183 Å². The fraction of sp³-hybridized carbons (Fsp3) is 0.550. The standard InChI is InChI=1S/C20H23FN8O3/c1-13-16(11-32-18(13)30)28-7-4-20(19(28)31)2-5-27(6-3-20)10-14(21)15-8-23-17(9-22-15)29-12-24-25-26-29/h8-9,12,14H,2-7,10-11H2,1H3/t14-/m1/s1. The summed E-state index contributed by atoms with van der Waals surface area (Å²) in [6.45, 7) is 3.91. The highest BCUT2D eigenvalue weighted by atomic mass is 19.1. The maximum Gasteiger partial charge on any atom is 0.336 e. The fourth-order valence-corrected chi connectivity index (χ4v) is 4.65. The summed E-state index contributed by atoms with van der Waals surface area (Å²) in [7, 11) is 0. The molecule has 2 saturated heterocycles. The van der Waals surface area contributed by atoms with Crippen LogP contribution in [0.3, 0.4) is 0 Å². The molecule has 168 valence electrons. The number of tetrazole rings is 1. The number of likely N-dealkylation sites (tertiary alicyclic amines) is 2. The van der Waals surface area contributed by atoms with Crippen LogP contribution in [0.15, 0.2) is 30.0 Å². The van der Waals surface area contributed by atoms with Crippen molar-refractivity contribution in [2.75, 3.05) is 32.8 Å². The van der Waals surface area contributed by atoms with E-state index in [1.165, 1.54) is 23.4 Å². The van der Waals surface area contributed by atoms with E-state index in [0.29, 0.717) is 49.6 Å². The van der Waals surface area contributed by atoms with Gasteiger partial charge in [0.05, 0.1) is 34.8 Å². The van der Waals surface area contributed by atoms with Gasteiger partial charge in [-0.3, -0.25) is 14.7 Å². The van der Waals surface area contributed by atoms with Gasteiger partial charge in [-0.05, 0) is 49.7 Å². The zero-order valence-corrected chi connectivity index (χ0v) is 17.6. The van der Waals surface area contributed by atoms with Gasteiger partial charge in [-0.2, -0.15) is 4.68 Å². The average molecular weight is 442 g/mol. The monoisotopic (exact) mass is 442 g/mol. The Morgan fingerprint density at radius 1 is 1.16 bits per heavy atom. The maximum absolute atomic E-state index is 14.9. The molecular formula is C20H23FN8O3. The van der Waals surface area contributed by atoms with Gasteiger partial charge in [0.2, 0.25) is 5.91 Å². The molecule has 3 aliphatic rings. The van der Waals surface area contributed by atoms with Gasteiger partial charge in [0, 0.05) is 13.1 Å². The average Bonchev–Trinajstić information content (AvgIpc) is 3.53. The van der Waals surface area contributed by atoms with Gasteiger partial charge in [0.15, 0.2) is 12.0 Å². The zero-order chi connectivity index (χ0) is 22.3. The summed E-state index contributed by atoms with van der Waals surface area (Å²) in [5.41, 5.74) is 1.01. The number of hydrogen-bond donors (Lipinski definition) is 0. The first kappa shape index (κ1) is 20.6. The number of piperidine rings is 1. The van der Waals surface area contributed by atoms with E-state index in [-0.39, 0.29) is 30.7 Å². The minimum absolute atomic E-state index is 0.0608. The molecule has 12 heteroatoms. The molecule has 1 amide bonds. The van der Waals surface area contributed by atoms with Crippen LogP contribution in [0.1, 0.15) is 38.1 Å². The number of aromatic nitrogens is 6. The van der Waals surface area contributed by atoms with Crippen molar-refractivity contribution in [2.24, 2.45) is 5.41 Å². The van der Waals surface area contributed by atoms with Gasteiger partial charge in [-0.25, -0.2) is 14.2 Å². The zero-order valence-electron chi connectivity index (χ0n) is 17.6. The molecule has 0 aromatic carbocycles. The van der Waals surface area contributed by atoms with Gasteiger partial charge in [0.25, 0.3) is 0 Å². The Kier molecular flexibility index (Phi) is 5.16. The van der Waals surface area contributed by atoms with Crippen LogP contribution in [0.25, 0.3) is 5.82 Å². The highest BCUT2D eigenvalue weighted by Crippen LogP contribution is 2.44. The van der Waals surface area contributed by atoms with E-state index in [0.717, 1.165) is 6.42 Å². The molecule has 0 radical (unpaired) electrons. The molecular weight excluding hydrogens is 419 g/mol. The maximum atomic E-state index is 14.9. The molecule has 5 rings (SSSR count). The topological polar surface area (TPSA) is 119 Å². The van der Waals surface area contributed by atoms with Gasteiger partial charge in [-0.15, -0.1) is 5.10 Å². The van der Waals surface area contributed by atoms with Gasteiger partial charge >= 0.3 is 5.97 Å². The first-order valence-electron chi connectivity index (χ1n) is 10.6. The van der Waals surface area contributed by atoms with Crippen LogP contribution in [-0.2, 0) is 14.3 Å². The largest absolute Gasteiger partial charge is 0.456 e. The molecule has 1 atom stereocenters. The number of halogens is 1. The summed E-state index contributed by atoms with van der Waals surface area (Å²) in [6.07, 6.45) is 5.01. The van der Waals surface area contributed by atoms with Crippen molar-refractivity contribution < 1.29 is 18.7 Å². The highest BCUT2D eigenvalue weighted by Gasteiger charge is 2.50. The predicted molar refractivity (Wildman–Crippen MR) is 107 cm³/mol. The van der Waals surface area contributed by atoms with Gasteiger partial charge < -0.3 is 9.64 Å². The van der Waals surface area contributed by atoms with Crippen LogP contribution in [0, 0.1) is 5.41 Å². The molecule has 5 heterocycles. The first-order valence-corrected chi connectivity index (χ1v) is 10.6. The lowest BCUT2D eigenvalue weighted by molar-refractivity contribution is -0.138. The molecule has 2 aromatic heterocycles. The smallest absolute Gasteiger partial charge is 0.336 e. The molecule has 2 fully saturated rings. The number of carbonyl (C=O) groups is 2. The molecule has 0 N–H and O–H groups in total. The lowest BCUT2D eigenvalue weighted by Crippen LogP contribution is -2.45. The van der Waals surface area contributed by atoms with Crippen molar-refractivity contribution in [1.29, 1.82) is 0 Å². The molecule has 3 aliphatic heterocycles. The quantitative estimate of drug-likeness (QED) is 0.613. The Morgan fingerprint density at radius 3 is 2.56 bits per heavy atom. The fourth-order valence-electron chi connectivity index (χ4n) is 4.65. The van der Waals surface area contributed by atoms with Crippen molar-refractivity contribution in [3.05, 3.63) is 35.7 Å². The van der Waals surface area contributed by atoms with Crippen molar-refractivity contribution >= 4 is 11.9 Å². The van der Waals surface area contributed by atoms with Crippen LogP contribution in [0.4, 0.5) is 4.39 Å². The van der Waals surface area contributed by atoms with Crippen molar-refractivity contribution in [3.8, 4) is 5.82 Å². The summed E-state index contributed by atoms with van der Waals surface area (Å²) in [5.74, 6) is 0.118. The number of nitrogens with zero attached hydrogens (tertiary/aromatic N) is 8. The van der Waals surface area contributed by atoms with E-state index in [4.69, 9.17) is 4.74 Å². The van der Waals surface area contributed by atoms with Crippen molar-refractivity contribution in [3.63, 3.8) is 0 Å². The van der Waals surface area contributed by atoms with Crippen molar-refractivity contribution in [1.82, 2.24) is 40.0 Å². The first-order chi connectivity index (χ1) is 15.5. The summed E-state index contributed by atoms with van der Waals surface area (Å²) in [5, 5.41) is 10.8. The van der Waals surface area contributed by atoms with Crippen LogP contribution in [0.5, 0.6) is 0 Å². The summed E-state index contributed by atoms with van der Waals surface area (Å²) in [4.78, 5) is 37.0. The number of cyclic esters (lactones) is 1. The second-order valence-electron chi connectivity index (χ2n) is 8.46. The van der Waals surface area contributed by atoms with Gasteiger partial charge in [-0.1, -0.05) is 0 Å². The minimum Gasteiger partial charge on any atom is -0.456 e. The number of amides is 1. The Morgan fingerprint density at radius 2 is 1.94 bits per heavy atom. The van der Waals surface area contributed by atoms with E-state index in [9.17, 15) is 14.0 Å². The Balaban J connectivity index is 1.18. The third-order valence-corrected chi connectivity index (χ3v) is 6.71. The lowest BCUT2D eigenvalue weighted by atomic mass is 9.77. The normalized spacial score (nSPS) is 22.1. The van der Waals surface area contributed by atoms with E-state index in [1.807, 2.05) is 4.90 Å². The van der Waals surface area contributed by atoms with Crippen LogP contribution >= 0.6 is 0 Å². The second kappa shape index (κ2) is 8.01. The summed E-state index contributed by atoms with van der Waals surface area (Å²) in [6, 6.07) is 0. The summed E-state index contributed by atoms with van der Waals surface area (Å²) >= 11 is 0.